The molecule has 29 heavy (non-hydrogen) atoms. The average molecular weight is 391 g/mol. The molecule has 1 heteroatoms. The molecule has 0 radical (unpaired) electrons. The molecule has 0 saturated heterocycles. The molecule has 0 nitrogen and oxygen atoms in total. The van der Waals surface area contributed by atoms with Crippen LogP contribution in [0.4, 0.5) is 0 Å². The summed E-state index contributed by atoms with van der Waals surface area (Å²) in [7, 11) is 0. The molecule has 1 aliphatic rings. The fourth-order valence-corrected chi connectivity index (χ4v) is 5.37. The van der Waals surface area contributed by atoms with Crippen LogP contribution in [0.15, 0.2) is 104 Å². The zero-order valence-electron chi connectivity index (χ0n) is 16.3. The Balaban J connectivity index is 1.51. The molecular formula is C28H22S. The summed E-state index contributed by atoms with van der Waals surface area (Å²) < 4.78 is 2.72. The maximum Gasteiger partial charge on any atom is 0.0355 e. The molecule has 0 spiro atoms. The molecule has 0 aliphatic heterocycles. The summed E-state index contributed by atoms with van der Waals surface area (Å²) in [6.07, 6.45) is 11.2. The quantitative estimate of drug-likeness (QED) is 0.302. The van der Waals surface area contributed by atoms with Crippen molar-refractivity contribution < 1.29 is 0 Å². The Morgan fingerprint density at radius 2 is 1.66 bits per heavy atom. The van der Waals surface area contributed by atoms with Gasteiger partial charge in [0, 0.05) is 26.1 Å². The molecule has 1 unspecified atom stereocenters. The molecule has 1 aromatic heterocycles. The van der Waals surface area contributed by atoms with Gasteiger partial charge in [-0.05, 0) is 52.4 Å². The minimum Gasteiger partial charge on any atom is -0.135 e. The van der Waals surface area contributed by atoms with Crippen LogP contribution in [0.25, 0.3) is 25.7 Å². The first-order valence-corrected chi connectivity index (χ1v) is 10.8. The Bertz CT molecular complexity index is 1310. The molecule has 0 saturated carbocycles. The third-order valence-electron chi connectivity index (χ3n) is 5.67. The lowest BCUT2D eigenvalue weighted by Gasteiger charge is -2.10. The molecule has 1 heterocycles. The fraction of sp³-hybridized carbons (Fsp3) is 0.0714. The second kappa shape index (κ2) is 7.35. The molecule has 0 N–H and O–H groups in total. The van der Waals surface area contributed by atoms with E-state index in [9.17, 15) is 0 Å². The largest absolute Gasteiger partial charge is 0.135 e. The van der Waals surface area contributed by atoms with Crippen LogP contribution >= 0.6 is 11.3 Å². The van der Waals surface area contributed by atoms with Crippen LogP contribution in [0.5, 0.6) is 0 Å². The van der Waals surface area contributed by atoms with Crippen molar-refractivity contribution in [1.29, 1.82) is 0 Å². The highest BCUT2D eigenvalue weighted by Crippen LogP contribution is 2.39. The van der Waals surface area contributed by atoms with Crippen LogP contribution < -0.4 is 0 Å². The van der Waals surface area contributed by atoms with Crippen LogP contribution in [-0.2, 0) is 6.42 Å². The minimum atomic E-state index is 0.304. The molecule has 0 bridgehead atoms. The summed E-state index contributed by atoms with van der Waals surface area (Å²) in [5, 5.41) is 2.72. The van der Waals surface area contributed by atoms with Crippen molar-refractivity contribution in [2.24, 2.45) is 0 Å². The van der Waals surface area contributed by atoms with E-state index < -0.39 is 0 Å². The standard InChI is InChI=1S/C28H22S/c1-3-5-8-22-18-21(4-2)25-16-19(11-13-23(22)25)15-20-12-14-28-26(17-20)24-9-6-7-10-27(24)29-28/h3-14,16-18,22H,1-2,15H2/b8-5+. The molecule has 5 rings (SSSR count). The van der Waals surface area contributed by atoms with Gasteiger partial charge in [-0.1, -0.05) is 86.0 Å². The van der Waals surface area contributed by atoms with E-state index in [-0.39, 0.29) is 0 Å². The topological polar surface area (TPSA) is 0 Å². The Morgan fingerprint density at radius 3 is 2.52 bits per heavy atom. The zero-order chi connectivity index (χ0) is 19.8. The van der Waals surface area contributed by atoms with Gasteiger partial charge in [0.25, 0.3) is 0 Å². The summed E-state index contributed by atoms with van der Waals surface area (Å²) in [6, 6.07) is 22.5. The van der Waals surface area contributed by atoms with Gasteiger partial charge in [-0.2, -0.15) is 0 Å². The van der Waals surface area contributed by atoms with Gasteiger partial charge in [-0.3, -0.25) is 0 Å². The first-order chi connectivity index (χ1) is 14.3. The van der Waals surface area contributed by atoms with Crippen LogP contribution in [-0.4, -0.2) is 0 Å². The third kappa shape index (κ3) is 3.18. The summed E-state index contributed by atoms with van der Waals surface area (Å²) in [6.45, 7) is 7.80. The second-order valence-electron chi connectivity index (χ2n) is 7.50. The molecule has 3 aromatic carbocycles. The van der Waals surface area contributed by atoms with E-state index >= 15 is 0 Å². The predicted molar refractivity (Wildman–Crippen MR) is 129 cm³/mol. The zero-order valence-corrected chi connectivity index (χ0v) is 17.1. The van der Waals surface area contributed by atoms with Crippen LogP contribution in [0.3, 0.4) is 0 Å². The molecular weight excluding hydrogens is 368 g/mol. The molecule has 0 amide bonds. The number of allylic oxidation sites excluding steroid dienone is 6. The van der Waals surface area contributed by atoms with Crippen molar-refractivity contribution >= 4 is 37.1 Å². The summed E-state index contributed by atoms with van der Waals surface area (Å²) >= 11 is 1.87. The van der Waals surface area contributed by atoms with Crippen molar-refractivity contribution in [2.75, 3.05) is 0 Å². The van der Waals surface area contributed by atoms with Crippen molar-refractivity contribution in [3.8, 4) is 0 Å². The molecule has 0 fully saturated rings. The van der Waals surface area contributed by atoms with Crippen LogP contribution in [0, 0.1) is 0 Å². The summed E-state index contributed by atoms with van der Waals surface area (Å²) in [5.41, 5.74) is 6.56. The number of fused-ring (bicyclic) bond motifs is 4. The van der Waals surface area contributed by atoms with E-state index in [1.165, 1.54) is 48.0 Å². The maximum atomic E-state index is 4.02. The van der Waals surface area contributed by atoms with Crippen molar-refractivity contribution in [1.82, 2.24) is 0 Å². The smallest absolute Gasteiger partial charge is 0.0355 e. The predicted octanol–water partition coefficient (Wildman–Crippen LogP) is 8.05. The minimum absolute atomic E-state index is 0.304. The monoisotopic (exact) mass is 390 g/mol. The Morgan fingerprint density at radius 1 is 0.862 bits per heavy atom. The van der Waals surface area contributed by atoms with Crippen molar-refractivity contribution in [3.63, 3.8) is 0 Å². The Hall–Kier alpha value is -3.16. The van der Waals surface area contributed by atoms with E-state index in [2.05, 4.69) is 86.0 Å². The van der Waals surface area contributed by atoms with Gasteiger partial charge in [0.1, 0.15) is 0 Å². The third-order valence-corrected chi connectivity index (χ3v) is 6.82. The van der Waals surface area contributed by atoms with E-state index in [1.807, 2.05) is 29.6 Å². The van der Waals surface area contributed by atoms with E-state index in [1.54, 1.807) is 0 Å². The van der Waals surface area contributed by atoms with Gasteiger partial charge in [0.15, 0.2) is 0 Å². The fourth-order valence-electron chi connectivity index (χ4n) is 4.28. The van der Waals surface area contributed by atoms with E-state index in [0.717, 1.165) is 6.42 Å². The first kappa shape index (κ1) is 17.9. The van der Waals surface area contributed by atoms with E-state index in [0.29, 0.717) is 5.92 Å². The van der Waals surface area contributed by atoms with E-state index in [4.69, 9.17) is 0 Å². The lowest BCUT2D eigenvalue weighted by molar-refractivity contribution is 1.10. The van der Waals surface area contributed by atoms with Crippen LogP contribution in [0.1, 0.15) is 28.2 Å². The SMILES string of the molecule is C=C/C=C/C1C=C(C=C)c2cc(Cc3ccc4sc5ccccc5c4c3)ccc21. The maximum absolute atomic E-state index is 4.02. The van der Waals surface area contributed by atoms with Gasteiger partial charge < -0.3 is 0 Å². The Labute approximate surface area is 175 Å². The van der Waals surface area contributed by atoms with Gasteiger partial charge >= 0.3 is 0 Å². The van der Waals surface area contributed by atoms with Crippen LogP contribution in [0.2, 0.25) is 0 Å². The second-order valence-corrected chi connectivity index (χ2v) is 8.58. The molecule has 140 valence electrons. The van der Waals surface area contributed by atoms with Crippen molar-refractivity contribution in [3.05, 3.63) is 126 Å². The first-order valence-electron chi connectivity index (χ1n) is 9.93. The van der Waals surface area contributed by atoms with Gasteiger partial charge in [0.05, 0.1) is 0 Å². The van der Waals surface area contributed by atoms with Gasteiger partial charge in [-0.15, -0.1) is 11.3 Å². The number of benzene rings is 3. The van der Waals surface area contributed by atoms with Crippen molar-refractivity contribution in [2.45, 2.75) is 12.3 Å². The molecule has 4 aromatic rings. The highest BCUT2D eigenvalue weighted by Gasteiger charge is 2.20. The number of hydrogen-bond acceptors (Lipinski definition) is 1. The lowest BCUT2D eigenvalue weighted by Crippen LogP contribution is -1.94. The number of thiophene rings is 1. The summed E-state index contributed by atoms with van der Waals surface area (Å²) in [5.74, 6) is 0.304. The lowest BCUT2D eigenvalue weighted by atomic mass is 9.94. The van der Waals surface area contributed by atoms with Gasteiger partial charge in [-0.25, -0.2) is 0 Å². The normalized spacial score (nSPS) is 15.7. The number of hydrogen-bond donors (Lipinski definition) is 0. The Kier molecular flexibility index (Phi) is 4.54. The number of rotatable bonds is 5. The molecule has 1 atom stereocenters. The highest BCUT2D eigenvalue weighted by atomic mass is 32.1. The highest BCUT2D eigenvalue weighted by molar-refractivity contribution is 7.25. The average Bonchev–Trinajstić information content (AvgIpc) is 3.29. The van der Waals surface area contributed by atoms with Gasteiger partial charge in [0.2, 0.25) is 0 Å². The summed E-state index contributed by atoms with van der Waals surface area (Å²) in [4.78, 5) is 0. The molecule has 1 aliphatic carbocycles.